The van der Waals surface area contributed by atoms with Gasteiger partial charge in [-0.2, -0.15) is 11.8 Å². The maximum atomic E-state index is 12.1. The minimum Gasteiger partial charge on any atom is -0.340 e. The number of thioether (sulfide) groups is 1. The van der Waals surface area contributed by atoms with Crippen molar-refractivity contribution in [3.63, 3.8) is 0 Å². The number of carbonyl (C=O) groups is 1. The SMILES string of the molecule is CSC1C(C)C1C(=O)N1CCN(C)CC1. The molecular weight excluding hydrogens is 208 g/mol. The van der Waals surface area contributed by atoms with Gasteiger partial charge in [0.25, 0.3) is 0 Å². The van der Waals surface area contributed by atoms with E-state index in [0.29, 0.717) is 23.0 Å². The Bertz CT molecular complexity index is 251. The smallest absolute Gasteiger partial charge is 0.227 e. The van der Waals surface area contributed by atoms with E-state index in [1.807, 2.05) is 11.8 Å². The van der Waals surface area contributed by atoms with Crippen LogP contribution in [0.4, 0.5) is 0 Å². The number of carbonyl (C=O) groups excluding carboxylic acids is 1. The van der Waals surface area contributed by atoms with E-state index in [4.69, 9.17) is 0 Å². The van der Waals surface area contributed by atoms with Gasteiger partial charge in [-0.25, -0.2) is 0 Å². The standard InChI is InChI=1S/C11H20N2OS/c1-8-9(10(8)15-3)11(14)13-6-4-12(2)5-7-13/h8-10H,4-7H2,1-3H3. The van der Waals surface area contributed by atoms with Crippen LogP contribution in [-0.4, -0.2) is 60.4 Å². The van der Waals surface area contributed by atoms with Crippen LogP contribution in [0.5, 0.6) is 0 Å². The van der Waals surface area contributed by atoms with E-state index in [1.165, 1.54) is 0 Å². The zero-order valence-electron chi connectivity index (χ0n) is 9.77. The summed E-state index contributed by atoms with van der Waals surface area (Å²) in [5.41, 5.74) is 0. The van der Waals surface area contributed by atoms with Crippen molar-refractivity contribution >= 4 is 17.7 Å². The van der Waals surface area contributed by atoms with Crippen molar-refractivity contribution in [1.82, 2.24) is 9.80 Å². The molecule has 1 amide bonds. The fraction of sp³-hybridized carbons (Fsp3) is 0.909. The summed E-state index contributed by atoms with van der Waals surface area (Å²) in [6.07, 6.45) is 2.11. The van der Waals surface area contributed by atoms with Gasteiger partial charge < -0.3 is 9.80 Å². The molecule has 15 heavy (non-hydrogen) atoms. The summed E-state index contributed by atoms with van der Waals surface area (Å²) in [6, 6.07) is 0. The van der Waals surface area contributed by atoms with E-state index in [-0.39, 0.29) is 0 Å². The molecule has 2 fully saturated rings. The molecule has 0 N–H and O–H groups in total. The second-order valence-corrected chi connectivity index (χ2v) is 5.73. The van der Waals surface area contributed by atoms with E-state index in [1.54, 1.807) is 0 Å². The molecule has 1 aliphatic carbocycles. The Morgan fingerprint density at radius 1 is 1.27 bits per heavy atom. The first-order valence-electron chi connectivity index (χ1n) is 5.65. The third-order valence-electron chi connectivity index (χ3n) is 3.67. The summed E-state index contributed by atoms with van der Waals surface area (Å²) in [4.78, 5) is 16.5. The number of rotatable bonds is 2. The maximum Gasteiger partial charge on any atom is 0.227 e. The van der Waals surface area contributed by atoms with Crippen molar-refractivity contribution in [2.45, 2.75) is 12.2 Å². The molecule has 1 heterocycles. The van der Waals surface area contributed by atoms with Crippen LogP contribution in [-0.2, 0) is 4.79 Å². The summed E-state index contributed by atoms with van der Waals surface area (Å²) in [7, 11) is 2.12. The molecule has 1 aliphatic heterocycles. The van der Waals surface area contributed by atoms with E-state index in [9.17, 15) is 4.79 Å². The fourth-order valence-electron chi connectivity index (χ4n) is 2.39. The monoisotopic (exact) mass is 228 g/mol. The quantitative estimate of drug-likeness (QED) is 0.697. The topological polar surface area (TPSA) is 23.6 Å². The van der Waals surface area contributed by atoms with Gasteiger partial charge in [-0.1, -0.05) is 6.92 Å². The fourth-order valence-corrected chi connectivity index (χ4v) is 3.56. The molecule has 2 aliphatic rings. The molecule has 0 bridgehead atoms. The van der Waals surface area contributed by atoms with E-state index in [2.05, 4.69) is 30.0 Å². The van der Waals surface area contributed by atoms with Gasteiger partial charge >= 0.3 is 0 Å². The minimum absolute atomic E-state index is 0.309. The first-order chi connectivity index (χ1) is 7.15. The molecule has 2 rings (SSSR count). The van der Waals surface area contributed by atoms with Gasteiger partial charge in [0.05, 0.1) is 5.92 Å². The molecule has 0 aromatic rings. The summed E-state index contributed by atoms with van der Waals surface area (Å²) >= 11 is 1.84. The summed E-state index contributed by atoms with van der Waals surface area (Å²) in [5.74, 6) is 1.30. The predicted octanol–water partition coefficient (Wildman–Crippen LogP) is 0.758. The highest BCUT2D eigenvalue weighted by Gasteiger charge is 2.52. The number of piperazine rings is 1. The molecule has 1 saturated carbocycles. The zero-order chi connectivity index (χ0) is 11.0. The number of hydrogen-bond donors (Lipinski definition) is 0. The van der Waals surface area contributed by atoms with Crippen molar-refractivity contribution < 1.29 is 4.79 Å². The Morgan fingerprint density at radius 3 is 2.33 bits per heavy atom. The van der Waals surface area contributed by atoms with Crippen molar-refractivity contribution in [1.29, 1.82) is 0 Å². The van der Waals surface area contributed by atoms with Crippen LogP contribution < -0.4 is 0 Å². The minimum atomic E-state index is 0.309. The third kappa shape index (κ3) is 2.16. The van der Waals surface area contributed by atoms with Gasteiger partial charge in [-0.3, -0.25) is 4.79 Å². The highest BCUT2D eigenvalue weighted by molar-refractivity contribution is 7.99. The molecule has 0 spiro atoms. The summed E-state index contributed by atoms with van der Waals surface area (Å²) < 4.78 is 0. The molecular formula is C11H20N2OS. The lowest BCUT2D eigenvalue weighted by atomic mass is 10.2. The van der Waals surface area contributed by atoms with Crippen molar-refractivity contribution in [2.75, 3.05) is 39.5 Å². The van der Waals surface area contributed by atoms with Gasteiger partial charge in [0.1, 0.15) is 0 Å². The second-order valence-electron chi connectivity index (χ2n) is 4.71. The lowest BCUT2D eigenvalue weighted by Crippen LogP contribution is -2.48. The number of likely N-dealkylation sites (N-methyl/N-ethyl adjacent to an activating group) is 1. The van der Waals surface area contributed by atoms with Gasteiger partial charge in [0.2, 0.25) is 5.91 Å². The molecule has 0 aromatic carbocycles. The highest BCUT2D eigenvalue weighted by Crippen LogP contribution is 2.48. The average Bonchev–Trinajstić information content (AvgIpc) is 2.89. The summed E-state index contributed by atoms with van der Waals surface area (Å²) in [6.45, 7) is 6.08. The van der Waals surface area contributed by atoms with Crippen LogP contribution >= 0.6 is 11.8 Å². The molecule has 86 valence electrons. The molecule has 3 nitrogen and oxygen atoms in total. The molecule has 0 aromatic heterocycles. The lowest BCUT2D eigenvalue weighted by Gasteiger charge is -2.32. The van der Waals surface area contributed by atoms with Crippen LogP contribution in [0.3, 0.4) is 0 Å². The van der Waals surface area contributed by atoms with Crippen LogP contribution in [0.2, 0.25) is 0 Å². The van der Waals surface area contributed by atoms with Gasteiger partial charge in [-0.05, 0) is 19.2 Å². The van der Waals surface area contributed by atoms with Crippen LogP contribution in [0.25, 0.3) is 0 Å². The Balaban J connectivity index is 1.87. The van der Waals surface area contributed by atoms with Crippen molar-refractivity contribution in [3.05, 3.63) is 0 Å². The van der Waals surface area contributed by atoms with E-state index < -0.39 is 0 Å². The van der Waals surface area contributed by atoms with Crippen LogP contribution in [0, 0.1) is 11.8 Å². The highest BCUT2D eigenvalue weighted by atomic mass is 32.2. The number of nitrogens with zero attached hydrogens (tertiary/aromatic N) is 2. The van der Waals surface area contributed by atoms with Gasteiger partial charge in [0, 0.05) is 31.4 Å². The molecule has 1 saturated heterocycles. The average molecular weight is 228 g/mol. The Labute approximate surface area is 96.2 Å². The maximum absolute atomic E-state index is 12.1. The third-order valence-corrected chi connectivity index (χ3v) is 4.94. The molecule has 3 atom stereocenters. The van der Waals surface area contributed by atoms with Crippen molar-refractivity contribution in [3.8, 4) is 0 Å². The molecule has 3 unspecified atom stereocenters. The first-order valence-corrected chi connectivity index (χ1v) is 6.94. The van der Waals surface area contributed by atoms with E-state index in [0.717, 1.165) is 26.2 Å². The first kappa shape index (κ1) is 11.3. The summed E-state index contributed by atoms with van der Waals surface area (Å²) in [5, 5.41) is 0.581. The number of amides is 1. The lowest BCUT2D eigenvalue weighted by molar-refractivity contribution is -0.134. The Hall–Kier alpha value is -0.220. The van der Waals surface area contributed by atoms with Crippen LogP contribution in [0.1, 0.15) is 6.92 Å². The van der Waals surface area contributed by atoms with Gasteiger partial charge in [-0.15, -0.1) is 0 Å². The van der Waals surface area contributed by atoms with E-state index >= 15 is 0 Å². The Kier molecular flexibility index (Phi) is 3.26. The normalized spacial score (nSPS) is 36.7. The Morgan fingerprint density at radius 2 is 1.87 bits per heavy atom. The molecule has 4 heteroatoms. The molecule has 0 radical (unpaired) electrons. The predicted molar refractivity (Wildman–Crippen MR) is 64.0 cm³/mol. The number of hydrogen-bond acceptors (Lipinski definition) is 3. The van der Waals surface area contributed by atoms with Crippen molar-refractivity contribution in [2.24, 2.45) is 11.8 Å². The van der Waals surface area contributed by atoms with Crippen LogP contribution in [0.15, 0.2) is 0 Å². The van der Waals surface area contributed by atoms with Gasteiger partial charge in [0.15, 0.2) is 0 Å². The zero-order valence-corrected chi connectivity index (χ0v) is 10.6. The largest absolute Gasteiger partial charge is 0.340 e. The second kappa shape index (κ2) is 4.34.